The number of amides is 1. The minimum atomic E-state index is -3.89. The van der Waals surface area contributed by atoms with Gasteiger partial charge in [0.15, 0.2) is 6.61 Å². The van der Waals surface area contributed by atoms with Crippen LogP contribution in [-0.2, 0) is 19.6 Å². The minimum absolute atomic E-state index is 0.131. The molecule has 1 aromatic heterocycles. The first kappa shape index (κ1) is 20.7. The van der Waals surface area contributed by atoms with Gasteiger partial charge in [-0.2, -0.15) is 0 Å². The number of rotatable bonds is 6. The second-order valence-corrected chi connectivity index (χ2v) is 8.70. The fourth-order valence-corrected chi connectivity index (χ4v) is 3.94. The number of hydrogen-bond donors (Lipinski definition) is 2. The number of carbonyl (C=O) groups excluding carboxylic acids is 2. The van der Waals surface area contributed by atoms with Crippen molar-refractivity contribution in [1.82, 2.24) is 0 Å². The average Bonchev–Trinajstić information content (AvgIpc) is 3.16. The summed E-state index contributed by atoms with van der Waals surface area (Å²) < 4.78 is 27.9. The number of thiophene rings is 1. The first-order chi connectivity index (χ1) is 13.7. The van der Waals surface area contributed by atoms with Gasteiger partial charge >= 0.3 is 5.97 Å². The zero-order valence-electron chi connectivity index (χ0n) is 15.4. The Hall–Kier alpha value is -3.01. The molecule has 0 aliphatic heterocycles. The third-order valence-electron chi connectivity index (χ3n) is 3.99. The molecule has 3 N–H and O–H groups in total. The number of primary sulfonamides is 1. The molecule has 3 aromatic rings. The summed E-state index contributed by atoms with van der Waals surface area (Å²) in [6.45, 7) is 1.47. The van der Waals surface area contributed by atoms with Gasteiger partial charge in [0.25, 0.3) is 5.91 Å². The summed E-state index contributed by atoms with van der Waals surface area (Å²) in [5.41, 5.74) is 2.96. The van der Waals surface area contributed by atoms with Crippen LogP contribution >= 0.6 is 11.3 Å². The van der Waals surface area contributed by atoms with Crippen LogP contribution in [0.15, 0.2) is 64.9 Å². The van der Waals surface area contributed by atoms with Crippen LogP contribution in [0.5, 0.6) is 0 Å². The van der Waals surface area contributed by atoms with Crippen molar-refractivity contribution in [3.63, 3.8) is 0 Å². The molecular formula is C20H18N2O5S2. The van der Waals surface area contributed by atoms with Crippen LogP contribution in [0, 0.1) is 6.92 Å². The molecule has 0 unspecified atom stereocenters. The van der Waals surface area contributed by atoms with Gasteiger partial charge in [-0.25, -0.2) is 18.4 Å². The molecular weight excluding hydrogens is 412 g/mol. The Labute approximate surface area is 172 Å². The number of anilines is 1. The third kappa shape index (κ3) is 5.29. The van der Waals surface area contributed by atoms with Crippen molar-refractivity contribution >= 4 is 38.9 Å². The van der Waals surface area contributed by atoms with E-state index in [-0.39, 0.29) is 10.6 Å². The topological polar surface area (TPSA) is 116 Å². The Morgan fingerprint density at radius 3 is 2.52 bits per heavy atom. The summed E-state index contributed by atoms with van der Waals surface area (Å²) in [5, 5.41) is 9.33. The van der Waals surface area contributed by atoms with Gasteiger partial charge in [-0.05, 0) is 42.1 Å². The molecule has 7 nitrogen and oxygen atoms in total. The van der Waals surface area contributed by atoms with Gasteiger partial charge in [0.2, 0.25) is 10.0 Å². The molecule has 0 saturated carbocycles. The Bertz CT molecular complexity index is 1150. The van der Waals surface area contributed by atoms with E-state index < -0.39 is 28.5 Å². The van der Waals surface area contributed by atoms with Crippen molar-refractivity contribution in [1.29, 1.82) is 0 Å². The zero-order chi connectivity index (χ0) is 21.0. The molecule has 1 heterocycles. The highest BCUT2D eigenvalue weighted by Crippen LogP contribution is 2.29. The summed E-state index contributed by atoms with van der Waals surface area (Å²) in [4.78, 5) is 24.8. The van der Waals surface area contributed by atoms with E-state index in [0.717, 1.165) is 16.7 Å². The molecule has 9 heteroatoms. The van der Waals surface area contributed by atoms with E-state index in [2.05, 4.69) is 5.32 Å². The maximum atomic E-state index is 12.4. The van der Waals surface area contributed by atoms with E-state index in [4.69, 9.17) is 9.88 Å². The predicted molar refractivity (Wildman–Crippen MR) is 111 cm³/mol. The standard InChI is InChI=1S/C20H18N2O5S2/c1-13-5-7-14(8-6-13)17-9-10-28-19(17)20(24)27-12-18(23)22-15-3-2-4-16(11-15)29(21,25)26/h2-11H,12H2,1H3,(H,22,23)(H2,21,25,26). The van der Waals surface area contributed by atoms with Gasteiger partial charge < -0.3 is 10.1 Å². The van der Waals surface area contributed by atoms with Gasteiger partial charge in [-0.3, -0.25) is 4.79 Å². The second-order valence-electron chi connectivity index (χ2n) is 6.23. The van der Waals surface area contributed by atoms with Gasteiger partial charge in [0, 0.05) is 11.3 Å². The molecule has 3 rings (SSSR count). The number of nitrogens with two attached hydrogens (primary N) is 1. The van der Waals surface area contributed by atoms with E-state index >= 15 is 0 Å². The van der Waals surface area contributed by atoms with E-state index in [1.54, 1.807) is 5.38 Å². The van der Waals surface area contributed by atoms with Crippen molar-refractivity contribution in [3.05, 3.63) is 70.4 Å². The summed E-state index contributed by atoms with van der Waals surface area (Å²) in [5.74, 6) is -1.21. The van der Waals surface area contributed by atoms with Gasteiger partial charge in [-0.1, -0.05) is 35.9 Å². The highest BCUT2D eigenvalue weighted by molar-refractivity contribution is 7.89. The summed E-state index contributed by atoms with van der Waals surface area (Å²) >= 11 is 1.23. The molecule has 0 saturated heterocycles. The molecule has 0 radical (unpaired) electrons. The quantitative estimate of drug-likeness (QED) is 0.583. The number of ether oxygens (including phenoxy) is 1. The van der Waals surface area contributed by atoms with Crippen molar-refractivity contribution < 1.29 is 22.7 Å². The summed E-state index contributed by atoms with van der Waals surface area (Å²) in [6.07, 6.45) is 0. The second kappa shape index (κ2) is 8.56. The molecule has 150 valence electrons. The van der Waals surface area contributed by atoms with Crippen LogP contribution in [0.2, 0.25) is 0 Å². The molecule has 29 heavy (non-hydrogen) atoms. The smallest absolute Gasteiger partial charge is 0.349 e. The first-order valence-electron chi connectivity index (χ1n) is 8.48. The molecule has 0 atom stereocenters. The van der Waals surface area contributed by atoms with Crippen LogP contribution < -0.4 is 10.5 Å². The van der Waals surface area contributed by atoms with Crippen LogP contribution in [0.1, 0.15) is 15.2 Å². The largest absolute Gasteiger partial charge is 0.451 e. The lowest BCUT2D eigenvalue weighted by molar-refractivity contribution is -0.119. The first-order valence-corrected chi connectivity index (χ1v) is 10.9. The molecule has 0 aliphatic rings. The number of hydrogen-bond acceptors (Lipinski definition) is 6. The Morgan fingerprint density at radius 1 is 1.10 bits per heavy atom. The number of carbonyl (C=O) groups is 2. The van der Waals surface area contributed by atoms with E-state index in [0.29, 0.717) is 4.88 Å². The Kier molecular flexibility index (Phi) is 6.12. The minimum Gasteiger partial charge on any atom is -0.451 e. The summed E-state index contributed by atoms with van der Waals surface area (Å²) in [7, 11) is -3.89. The fraction of sp³-hybridized carbons (Fsp3) is 0.100. The van der Waals surface area contributed by atoms with Crippen LogP contribution in [0.4, 0.5) is 5.69 Å². The molecule has 0 aliphatic carbocycles. The van der Waals surface area contributed by atoms with Crippen molar-refractivity contribution in [3.8, 4) is 11.1 Å². The van der Waals surface area contributed by atoms with E-state index in [9.17, 15) is 18.0 Å². The predicted octanol–water partition coefficient (Wildman–Crippen LogP) is 3.17. The summed E-state index contributed by atoms with van der Waals surface area (Å²) in [6, 6.07) is 15.0. The fourth-order valence-electron chi connectivity index (χ4n) is 2.57. The number of nitrogens with one attached hydrogen (secondary N) is 1. The maximum Gasteiger partial charge on any atom is 0.349 e. The highest BCUT2D eigenvalue weighted by Gasteiger charge is 2.17. The Balaban J connectivity index is 1.64. The van der Waals surface area contributed by atoms with Crippen LogP contribution in [0.3, 0.4) is 0 Å². The SMILES string of the molecule is Cc1ccc(-c2ccsc2C(=O)OCC(=O)Nc2cccc(S(N)(=O)=O)c2)cc1. The average molecular weight is 431 g/mol. The molecule has 0 fully saturated rings. The van der Waals surface area contributed by atoms with Gasteiger partial charge in [0.05, 0.1) is 4.90 Å². The lowest BCUT2D eigenvalue weighted by atomic mass is 10.1. The number of esters is 1. The monoisotopic (exact) mass is 430 g/mol. The van der Waals surface area contributed by atoms with Crippen molar-refractivity contribution in [2.75, 3.05) is 11.9 Å². The lowest BCUT2D eigenvalue weighted by Crippen LogP contribution is -2.21. The number of aryl methyl sites for hydroxylation is 1. The van der Waals surface area contributed by atoms with Gasteiger partial charge in [-0.15, -0.1) is 11.3 Å². The normalized spacial score (nSPS) is 11.1. The van der Waals surface area contributed by atoms with Crippen LogP contribution in [0.25, 0.3) is 11.1 Å². The van der Waals surface area contributed by atoms with Gasteiger partial charge in [0.1, 0.15) is 4.88 Å². The highest BCUT2D eigenvalue weighted by atomic mass is 32.2. The van der Waals surface area contributed by atoms with E-state index in [1.165, 1.54) is 35.6 Å². The molecule has 2 aromatic carbocycles. The molecule has 1 amide bonds. The maximum absolute atomic E-state index is 12.4. The van der Waals surface area contributed by atoms with Crippen molar-refractivity contribution in [2.24, 2.45) is 5.14 Å². The third-order valence-corrected chi connectivity index (χ3v) is 5.80. The Morgan fingerprint density at radius 2 is 1.83 bits per heavy atom. The number of sulfonamides is 1. The molecule has 0 spiro atoms. The zero-order valence-corrected chi connectivity index (χ0v) is 17.0. The lowest BCUT2D eigenvalue weighted by Gasteiger charge is -2.08. The van der Waals surface area contributed by atoms with Crippen molar-refractivity contribution in [2.45, 2.75) is 11.8 Å². The van der Waals surface area contributed by atoms with E-state index in [1.807, 2.05) is 37.3 Å². The molecule has 0 bridgehead atoms. The van der Waals surface area contributed by atoms with Crippen LogP contribution in [-0.4, -0.2) is 26.9 Å². The number of benzene rings is 2.